The van der Waals surface area contributed by atoms with Crippen molar-refractivity contribution in [1.29, 1.82) is 0 Å². The minimum Gasteiger partial charge on any atom is -0.228 e. The van der Waals surface area contributed by atoms with E-state index in [9.17, 15) is 0 Å². The summed E-state index contributed by atoms with van der Waals surface area (Å²) in [5, 5.41) is 9.84. The third kappa shape index (κ3) is 6.61. The minimum atomic E-state index is 0.691. The number of aromatic nitrogens is 2. The zero-order chi connectivity index (χ0) is 42.4. The molecule has 64 heavy (non-hydrogen) atoms. The number of fused-ring (bicyclic) bond motifs is 5. The lowest BCUT2D eigenvalue weighted by Crippen LogP contribution is -1.98. The molecule has 0 aliphatic heterocycles. The van der Waals surface area contributed by atoms with Crippen molar-refractivity contribution < 1.29 is 0 Å². The van der Waals surface area contributed by atoms with Crippen molar-refractivity contribution in [2.75, 3.05) is 0 Å². The van der Waals surface area contributed by atoms with Crippen LogP contribution in [0.3, 0.4) is 0 Å². The Kier molecular flexibility index (Phi) is 9.20. The van der Waals surface area contributed by atoms with Gasteiger partial charge in [0.2, 0.25) is 0 Å². The summed E-state index contributed by atoms with van der Waals surface area (Å²) in [6.07, 6.45) is 0. The van der Waals surface area contributed by atoms with E-state index in [2.05, 4.69) is 243 Å². The Morgan fingerprint density at radius 1 is 0.219 bits per heavy atom. The first kappa shape index (κ1) is 37.3. The summed E-state index contributed by atoms with van der Waals surface area (Å²) < 4.78 is 0. The molecule has 0 bridgehead atoms. The minimum absolute atomic E-state index is 0.691. The standard InChI is InChI=1S/C62H40N2/c1-3-15-41(16-4-1)42-27-31-46(32-28-42)59-40-60(55-26-14-11-21-49(55)43-17-5-2-6-18-43)64-62(63-59)57-38-37-51(53-24-12-13-25-54(53)57)45-29-33-47(34-30-45)61-52-23-10-8-20-48(52)39-58-50-22-9-7-19-44(50)35-36-56(58)61/h1-40H. The number of rotatable bonds is 7. The molecule has 11 aromatic carbocycles. The summed E-state index contributed by atoms with van der Waals surface area (Å²) in [6.45, 7) is 0. The molecule has 0 radical (unpaired) electrons. The van der Waals surface area contributed by atoms with E-state index < -0.39 is 0 Å². The molecule has 12 aromatic rings. The smallest absolute Gasteiger partial charge is 0.161 e. The van der Waals surface area contributed by atoms with Crippen molar-refractivity contribution in [1.82, 2.24) is 9.97 Å². The van der Waals surface area contributed by atoms with Gasteiger partial charge in [-0.15, -0.1) is 0 Å². The van der Waals surface area contributed by atoms with Crippen LogP contribution in [0.4, 0.5) is 0 Å². The van der Waals surface area contributed by atoms with E-state index in [4.69, 9.17) is 9.97 Å². The lowest BCUT2D eigenvalue weighted by Gasteiger charge is -2.16. The van der Waals surface area contributed by atoms with Gasteiger partial charge in [0, 0.05) is 16.7 Å². The fourth-order valence-electron chi connectivity index (χ4n) is 9.59. The highest BCUT2D eigenvalue weighted by Crippen LogP contribution is 2.42. The van der Waals surface area contributed by atoms with Crippen molar-refractivity contribution >= 4 is 43.1 Å². The van der Waals surface area contributed by atoms with E-state index in [1.54, 1.807) is 0 Å². The Bertz CT molecular complexity index is 3690. The second-order valence-electron chi connectivity index (χ2n) is 16.5. The van der Waals surface area contributed by atoms with Gasteiger partial charge in [0.05, 0.1) is 11.4 Å². The highest BCUT2D eigenvalue weighted by atomic mass is 14.9. The molecule has 0 N–H and O–H groups in total. The maximum absolute atomic E-state index is 5.41. The fraction of sp³-hybridized carbons (Fsp3) is 0. The zero-order valence-electron chi connectivity index (χ0n) is 35.0. The first-order valence-electron chi connectivity index (χ1n) is 21.9. The van der Waals surface area contributed by atoms with E-state index in [0.29, 0.717) is 5.82 Å². The fourth-order valence-corrected chi connectivity index (χ4v) is 9.59. The molecule has 298 valence electrons. The maximum Gasteiger partial charge on any atom is 0.161 e. The monoisotopic (exact) mass is 812 g/mol. The van der Waals surface area contributed by atoms with Crippen LogP contribution in [0.2, 0.25) is 0 Å². The molecule has 0 aliphatic carbocycles. The summed E-state index contributed by atoms with van der Waals surface area (Å²) in [5.41, 5.74) is 14.3. The van der Waals surface area contributed by atoms with E-state index in [1.807, 2.05) is 0 Å². The van der Waals surface area contributed by atoms with E-state index in [-0.39, 0.29) is 0 Å². The number of nitrogens with zero attached hydrogens (tertiary/aromatic N) is 2. The molecule has 0 spiro atoms. The van der Waals surface area contributed by atoms with Gasteiger partial charge < -0.3 is 0 Å². The van der Waals surface area contributed by atoms with Crippen molar-refractivity contribution in [3.63, 3.8) is 0 Å². The van der Waals surface area contributed by atoms with Gasteiger partial charge in [-0.2, -0.15) is 0 Å². The summed E-state index contributed by atoms with van der Waals surface area (Å²) >= 11 is 0. The Hall–Kier alpha value is -8.46. The summed E-state index contributed by atoms with van der Waals surface area (Å²) in [4.78, 5) is 10.8. The molecular formula is C62H40N2. The van der Waals surface area contributed by atoms with Gasteiger partial charge in [-0.05, 0) is 106 Å². The van der Waals surface area contributed by atoms with Gasteiger partial charge in [0.1, 0.15) is 0 Å². The molecular weight excluding hydrogens is 773 g/mol. The third-order valence-corrected chi connectivity index (χ3v) is 12.7. The summed E-state index contributed by atoms with van der Waals surface area (Å²) in [7, 11) is 0. The highest BCUT2D eigenvalue weighted by molar-refractivity contribution is 6.20. The average molecular weight is 813 g/mol. The predicted molar refractivity (Wildman–Crippen MR) is 270 cm³/mol. The van der Waals surface area contributed by atoms with Crippen molar-refractivity contribution in [3.05, 3.63) is 243 Å². The van der Waals surface area contributed by atoms with Crippen LogP contribution in [-0.2, 0) is 0 Å². The van der Waals surface area contributed by atoms with Gasteiger partial charge in [-0.3, -0.25) is 0 Å². The van der Waals surface area contributed by atoms with Gasteiger partial charge in [0.25, 0.3) is 0 Å². The van der Waals surface area contributed by atoms with E-state index in [1.165, 1.54) is 60.1 Å². The average Bonchev–Trinajstić information content (AvgIpc) is 3.38. The van der Waals surface area contributed by atoms with Crippen LogP contribution < -0.4 is 0 Å². The topological polar surface area (TPSA) is 25.8 Å². The third-order valence-electron chi connectivity index (χ3n) is 12.7. The van der Waals surface area contributed by atoms with Crippen molar-refractivity contribution in [3.8, 4) is 78.4 Å². The van der Waals surface area contributed by atoms with Crippen LogP contribution >= 0.6 is 0 Å². The Morgan fingerprint density at radius 2 is 0.719 bits per heavy atom. The van der Waals surface area contributed by atoms with Crippen molar-refractivity contribution in [2.45, 2.75) is 0 Å². The number of hydrogen-bond acceptors (Lipinski definition) is 2. The zero-order valence-corrected chi connectivity index (χ0v) is 35.0. The molecule has 0 fully saturated rings. The van der Waals surface area contributed by atoms with Gasteiger partial charge in [-0.25, -0.2) is 9.97 Å². The predicted octanol–water partition coefficient (Wildman–Crippen LogP) is 16.8. The van der Waals surface area contributed by atoms with Crippen LogP contribution in [0, 0.1) is 0 Å². The summed E-state index contributed by atoms with van der Waals surface area (Å²) in [6, 6.07) is 87.1. The molecule has 0 atom stereocenters. The first-order valence-corrected chi connectivity index (χ1v) is 21.9. The summed E-state index contributed by atoms with van der Waals surface area (Å²) in [5.74, 6) is 0.691. The van der Waals surface area contributed by atoms with Crippen LogP contribution in [0.5, 0.6) is 0 Å². The number of hydrogen-bond donors (Lipinski definition) is 0. The molecule has 2 heteroatoms. The molecule has 0 unspecified atom stereocenters. The first-order chi connectivity index (χ1) is 31.7. The SMILES string of the molecule is c1ccc(-c2ccc(-c3cc(-c4ccccc4-c4ccccc4)nc(-c4ccc(-c5ccc(-c6c7ccccc7cc7c6ccc6ccccc67)cc5)c5ccccc45)n3)cc2)cc1. The van der Waals surface area contributed by atoms with Crippen LogP contribution in [0.1, 0.15) is 0 Å². The maximum atomic E-state index is 5.41. The molecule has 1 aromatic heterocycles. The lowest BCUT2D eigenvalue weighted by atomic mass is 9.88. The van der Waals surface area contributed by atoms with Crippen LogP contribution in [-0.4, -0.2) is 9.97 Å². The molecule has 2 nitrogen and oxygen atoms in total. The number of benzene rings is 11. The normalized spacial score (nSPS) is 11.4. The Labute approximate surface area is 372 Å². The molecule has 0 amide bonds. The van der Waals surface area contributed by atoms with E-state index in [0.717, 1.165) is 55.5 Å². The van der Waals surface area contributed by atoms with Gasteiger partial charge in [-0.1, -0.05) is 224 Å². The van der Waals surface area contributed by atoms with E-state index >= 15 is 0 Å². The highest BCUT2D eigenvalue weighted by Gasteiger charge is 2.18. The van der Waals surface area contributed by atoms with Gasteiger partial charge >= 0.3 is 0 Å². The van der Waals surface area contributed by atoms with Crippen LogP contribution in [0.15, 0.2) is 243 Å². The van der Waals surface area contributed by atoms with Crippen LogP contribution in [0.25, 0.3) is 122 Å². The quantitative estimate of drug-likeness (QED) is 0.118. The van der Waals surface area contributed by atoms with Gasteiger partial charge in [0.15, 0.2) is 5.82 Å². The largest absolute Gasteiger partial charge is 0.228 e. The second kappa shape index (κ2) is 15.8. The molecule has 0 aliphatic rings. The van der Waals surface area contributed by atoms with Crippen molar-refractivity contribution in [2.24, 2.45) is 0 Å². The Morgan fingerprint density at radius 3 is 1.47 bits per heavy atom. The molecule has 0 saturated carbocycles. The molecule has 0 saturated heterocycles. The lowest BCUT2D eigenvalue weighted by molar-refractivity contribution is 1.19. The molecule has 12 rings (SSSR count). The second-order valence-corrected chi connectivity index (χ2v) is 16.5. The molecule has 1 heterocycles. The Balaban J connectivity index is 0.988.